The Morgan fingerprint density at radius 3 is 1.42 bits per heavy atom. The second kappa shape index (κ2) is 37.9. The van der Waals surface area contributed by atoms with Crippen molar-refractivity contribution in [2.24, 2.45) is 11.3 Å². The first-order valence-electron chi connectivity index (χ1n) is 23.7. The van der Waals surface area contributed by atoms with Crippen molar-refractivity contribution < 1.29 is 28.6 Å². The quantitative estimate of drug-likeness (QED) is 0.0347. The van der Waals surface area contributed by atoms with Gasteiger partial charge in [0.1, 0.15) is 6.10 Å². The number of carbonyl (C=O) groups is 3. The van der Waals surface area contributed by atoms with Crippen molar-refractivity contribution in [2.45, 2.75) is 246 Å². The zero-order valence-electron chi connectivity index (χ0n) is 37.8. The summed E-state index contributed by atoms with van der Waals surface area (Å²) in [6.07, 6.45) is 34.4. The van der Waals surface area contributed by atoms with Crippen molar-refractivity contribution in [3.63, 3.8) is 0 Å². The molecule has 0 bridgehead atoms. The summed E-state index contributed by atoms with van der Waals surface area (Å²) < 4.78 is 17.5. The minimum atomic E-state index is -0.0845. The van der Waals surface area contributed by atoms with E-state index in [1.807, 2.05) is 14.1 Å². The largest absolute Gasteiger partial charge is 0.465 e. The maximum Gasteiger partial charge on any atom is 0.306 e. The van der Waals surface area contributed by atoms with Gasteiger partial charge in [-0.3, -0.25) is 14.4 Å². The van der Waals surface area contributed by atoms with Crippen LogP contribution in [0.25, 0.3) is 0 Å². The first-order valence-corrected chi connectivity index (χ1v) is 23.7. The summed E-state index contributed by atoms with van der Waals surface area (Å²) in [7, 11) is 4.05. The number of unbranched alkanes of at least 4 members (excludes halogenated alkanes) is 18. The van der Waals surface area contributed by atoms with Gasteiger partial charge in [0, 0.05) is 19.3 Å². The molecular formula is C48H93NO6. The maximum atomic E-state index is 12.7. The van der Waals surface area contributed by atoms with Crippen LogP contribution in [0.5, 0.6) is 0 Å². The molecule has 0 saturated carbocycles. The number of hydrogen-bond donors (Lipinski definition) is 0. The third kappa shape index (κ3) is 37.7. The van der Waals surface area contributed by atoms with E-state index in [1.165, 1.54) is 103 Å². The van der Waals surface area contributed by atoms with Gasteiger partial charge in [-0.15, -0.1) is 0 Å². The maximum absolute atomic E-state index is 12.7. The molecule has 0 heterocycles. The lowest BCUT2D eigenvalue weighted by Gasteiger charge is -2.24. The predicted molar refractivity (Wildman–Crippen MR) is 232 cm³/mol. The van der Waals surface area contributed by atoms with E-state index in [4.69, 9.17) is 14.2 Å². The van der Waals surface area contributed by atoms with E-state index in [2.05, 4.69) is 39.5 Å². The van der Waals surface area contributed by atoms with Crippen molar-refractivity contribution in [1.29, 1.82) is 0 Å². The van der Waals surface area contributed by atoms with Gasteiger partial charge in [0.05, 0.1) is 13.2 Å². The number of ether oxygens (including phenoxy) is 3. The van der Waals surface area contributed by atoms with Gasteiger partial charge in [-0.05, 0) is 96.2 Å². The van der Waals surface area contributed by atoms with E-state index in [-0.39, 0.29) is 29.4 Å². The van der Waals surface area contributed by atoms with Crippen LogP contribution in [-0.2, 0) is 28.6 Å². The molecule has 55 heavy (non-hydrogen) atoms. The molecule has 0 aromatic carbocycles. The average Bonchev–Trinajstić information content (AvgIpc) is 3.14. The highest BCUT2D eigenvalue weighted by Gasteiger charge is 2.21. The topological polar surface area (TPSA) is 82.1 Å². The summed E-state index contributed by atoms with van der Waals surface area (Å²) in [6.45, 7) is 13.1. The first-order chi connectivity index (χ1) is 26.5. The van der Waals surface area contributed by atoms with E-state index in [1.54, 1.807) is 0 Å². The Balaban J connectivity index is 4.54. The third-order valence-corrected chi connectivity index (χ3v) is 11.1. The molecule has 0 aromatic heterocycles. The molecular weight excluding hydrogens is 687 g/mol. The molecule has 0 aromatic rings. The first kappa shape index (κ1) is 53.4. The molecule has 0 aliphatic rings. The Hall–Kier alpha value is -1.63. The SMILES string of the molecule is CCCCCCCCC(=O)OCC(C)(C)CCCCCC(CCCCCCC(=O)OCC(CCCCCCC)CCCCCCC)OC(=O)CCCN(C)C. The van der Waals surface area contributed by atoms with Crippen molar-refractivity contribution >= 4 is 17.9 Å². The second-order valence-electron chi connectivity index (χ2n) is 17.9. The average molecular weight is 780 g/mol. The van der Waals surface area contributed by atoms with Crippen LogP contribution in [0.3, 0.4) is 0 Å². The molecule has 326 valence electrons. The van der Waals surface area contributed by atoms with Gasteiger partial charge >= 0.3 is 17.9 Å². The zero-order valence-corrected chi connectivity index (χ0v) is 37.8. The van der Waals surface area contributed by atoms with Crippen molar-refractivity contribution in [2.75, 3.05) is 33.9 Å². The standard InChI is InChI=1S/C48H93NO6/c1-8-11-14-17-20-28-37-46(51)54-42-48(4,5)39-30-23-27-35-44(55-47(52)38-31-40-49(6)7)34-26-21-22-29-36-45(50)53-41-43(32-24-18-15-12-9-2)33-25-19-16-13-10-3/h43-44H,8-42H2,1-7H3. The highest BCUT2D eigenvalue weighted by Crippen LogP contribution is 2.26. The number of carbonyl (C=O) groups excluding carboxylic acids is 3. The van der Waals surface area contributed by atoms with Crippen LogP contribution >= 0.6 is 0 Å². The van der Waals surface area contributed by atoms with Crippen LogP contribution in [0.15, 0.2) is 0 Å². The fourth-order valence-corrected chi connectivity index (χ4v) is 7.33. The zero-order chi connectivity index (χ0) is 40.8. The van der Waals surface area contributed by atoms with Crippen LogP contribution in [0.2, 0.25) is 0 Å². The van der Waals surface area contributed by atoms with Gasteiger partial charge in [-0.2, -0.15) is 0 Å². The number of nitrogens with zero attached hydrogens (tertiary/aromatic N) is 1. The van der Waals surface area contributed by atoms with Crippen molar-refractivity contribution in [3.8, 4) is 0 Å². The minimum absolute atomic E-state index is 0.0367. The summed E-state index contributed by atoms with van der Waals surface area (Å²) >= 11 is 0. The Kier molecular flexibility index (Phi) is 36.8. The number of hydrogen-bond acceptors (Lipinski definition) is 7. The van der Waals surface area contributed by atoms with Gasteiger partial charge in [-0.1, -0.05) is 157 Å². The van der Waals surface area contributed by atoms with E-state index in [0.717, 1.165) is 90.0 Å². The molecule has 0 aliphatic heterocycles. The summed E-state index contributed by atoms with van der Waals surface area (Å²) in [5.74, 6) is 0.319. The molecule has 7 heteroatoms. The fraction of sp³-hybridized carbons (Fsp3) is 0.938. The van der Waals surface area contributed by atoms with E-state index in [0.29, 0.717) is 38.4 Å². The summed E-state index contributed by atoms with van der Waals surface area (Å²) in [6, 6.07) is 0. The summed E-state index contributed by atoms with van der Waals surface area (Å²) in [5.41, 5.74) is -0.0367. The highest BCUT2D eigenvalue weighted by molar-refractivity contribution is 5.70. The monoisotopic (exact) mass is 780 g/mol. The summed E-state index contributed by atoms with van der Waals surface area (Å²) in [4.78, 5) is 39.7. The van der Waals surface area contributed by atoms with Crippen LogP contribution in [0.4, 0.5) is 0 Å². The number of rotatable bonds is 41. The molecule has 0 spiro atoms. The minimum Gasteiger partial charge on any atom is -0.465 e. The lowest BCUT2D eigenvalue weighted by Crippen LogP contribution is -2.22. The van der Waals surface area contributed by atoms with Gasteiger partial charge in [-0.25, -0.2) is 0 Å². The van der Waals surface area contributed by atoms with E-state index in [9.17, 15) is 14.4 Å². The Labute approximate surface area is 341 Å². The normalized spacial score (nSPS) is 12.4. The summed E-state index contributed by atoms with van der Waals surface area (Å²) in [5, 5.41) is 0. The predicted octanol–water partition coefficient (Wildman–Crippen LogP) is 13.7. The van der Waals surface area contributed by atoms with Crippen molar-refractivity contribution in [1.82, 2.24) is 4.90 Å². The van der Waals surface area contributed by atoms with Gasteiger partial charge in [0.15, 0.2) is 0 Å². The molecule has 0 fully saturated rings. The molecule has 1 unspecified atom stereocenters. The molecule has 0 rings (SSSR count). The second-order valence-corrected chi connectivity index (χ2v) is 17.9. The fourth-order valence-electron chi connectivity index (χ4n) is 7.33. The lowest BCUT2D eigenvalue weighted by atomic mass is 9.87. The highest BCUT2D eigenvalue weighted by atomic mass is 16.5. The smallest absolute Gasteiger partial charge is 0.306 e. The molecule has 0 saturated heterocycles. The van der Waals surface area contributed by atoms with Crippen LogP contribution in [0, 0.1) is 11.3 Å². The van der Waals surface area contributed by atoms with Crippen LogP contribution in [0.1, 0.15) is 240 Å². The van der Waals surface area contributed by atoms with Crippen LogP contribution < -0.4 is 0 Å². The molecule has 1 atom stereocenters. The molecule has 0 N–H and O–H groups in total. The van der Waals surface area contributed by atoms with E-state index >= 15 is 0 Å². The van der Waals surface area contributed by atoms with Gasteiger partial charge in [0.25, 0.3) is 0 Å². The van der Waals surface area contributed by atoms with Crippen molar-refractivity contribution in [3.05, 3.63) is 0 Å². The molecule has 0 radical (unpaired) electrons. The molecule has 7 nitrogen and oxygen atoms in total. The Bertz CT molecular complexity index is 876. The van der Waals surface area contributed by atoms with Crippen LogP contribution in [-0.4, -0.2) is 62.8 Å². The van der Waals surface area contributed by atoms with E-state index < -0.39 is 0 Å². The molecule has 0 aliphatic carbocycles. The van der Waals surface area contributed by atoms with Gasteiger partial charge < -0.3 is 19.1 Å². The Morgan fingerprint density at radius 1 is 0.491 bits per heavy atom. The Morgan fingerprint density at radius 2 is 0.909 bits per heavy atom. The van der Waals surface area contributed by atoms with Gasteiger partial charge in [0.2, 0.25) is 0 Å². The third-order valence-electron chi connectivity index (χ3n) is 11.1. The molecule has 0 amide bonds. The lowest BCUT2D eigenvalue weighted by molar-refractivity contribution is -0.150. The number of esters is 3.